The Morgan fingerprint density at radius 2 is 2.13 bits per heavy atom. The Labute approximate surface area is 140 Å². The van der Waals surface area contributed by atoms with Gasteiger partial charge in [-0.15, -0.1) is 0 Å². The summed E-state index contributed by atoms with van der Waals surface area (Å²) in [6.07, 6.45) is 6.08. The molecule has 1 saturated carbocycles. The lowest BCUT2D eigenvalue weighted by atomic mass is 9.67. The molecule has 4 nitrogen and oxygen atoms in total. The molecule has 0 amide bonds. The number of methoxy groups -OCH3 is 1. The van der Waals surface area contributed by atoms with Gasteiger partial charge in [0, 0.05) is 33.9 Å². The number of nitrogens with zero attached hydrogens (tertiary/aromatic N) is 1. The summed E-state index contributed by atoms with van der Waals surface area (Å²) in [4.78, 5) is 4.34. The van der Waals surface area contributed by atoms with Crippen molar-refractivity contribution in [3.63, 3.8) is 0 Å². The molecule has 0 saturated heterocycles. The van der Waals surface area contributed by atoms with Gasteiger partial charge in [0.25, 0.3) is 0 Å². The van der Waals surface area contributed by atoms with Crippen molar-refractivity contribution in [1.82, 2.24) is 10.6 Å². The lowest BCUT2D eigenvalue weighted by Crippen LogP contribution is -2.47. The van der Waals surface area contributed by atoms with E-state index in [-0.39, 0.29) is 0 Å². The van der Waals surface area contributed by atoms with Gasteiger partial charge in [0.15, 0.2) is 5.96 Å². The monoisotopic (exact) mass is 317 g/mol. The van der Waals surface area contributed by atoms with Crippen molar-refractivity contribution in [1.29, 1.82) is 0 Å². The zero-order valence-corrected chi connectivity index (χ0v) is 14.8. The number of benzene rings is 1. The maximum Gasteiger partial charge on any atom is 0.191 e. The summed E-state index contributed by atoms with van der Waals surface area (Å²) in [5.74, 6) is 0.904. The van der Waals surface area contributed by atoms with Crippen LogP contribution in [0.5, 0.6) is 0 Å². The molecular weight excluding hydrogens is 286 g/mol. The molecule has 1 fully saturated rings. The van der Waals surface area contributed by atoms with Gasteiger partial charge in [-0.1, -0.05) is 36.2 Å². The van der Waals surface area contributed by atoms with Crippen molar-refractivity contribution in [3.8, 4) is 0 Å². The highest BCUT2D eigenvalue weighted by Crippen LogP contribution is 2.43. The molecule has 0 aliphatic heterocycles. The molecule has 0 radical (unpaired) electrons. The highest BCUT2D eigenvalue weighted by molar-refractivity contribution is 5.79. The molecule has 1 aliphatic rings. The number of ether oxygens (including phenoxy) is 1. The minimum Gasteiger partial charge on any atom is -0.385 e. The lowest BCUT2D eigenvalue weighted by Gasteiger charge is -2.42. The van der Waals surface area contributed by atoms with Crippen LogP contribution in [0.2, 0.25) is 0 Å². The van der Waals surface area contributed by atoms with Crippen LogP contribution in [0.3, 0.4) is 0 Å². The average molecular weight is 317 g/mol. The summed E-state index contributed by atoms with van der Waals surface area (Å²) in [7, 11) is 3.62. The smallest absolute Gasteiger partial charge is 0.191 e. The number of aliphatic imine (C=N–C) groups is 1. The number of aryl methyl sites for hydroxylation is 1. The number of hydrogen-bond donors (Lipinski definition) is 2. The van der Waals surface area contributed by atoms with E-state index in [1.165, 1.54) is 30.4 Å². The second-order valence-corrected chi connectivity index (χ2v) is 6.69. The molecule has 0 heterocycles. The zero-order chi connectivity index (χ0) is 16.5. The van der Waals surface area contributed by atoms with Crippen LogP contribution in [0.15, 0.2) is 29.3 Å². The molecule has 23 heavy (non-hydrogen) atoms. The van der Waals surface area contributed by atoms with Crippen molar-refractivity contribution in [2.24, 2.45) is 10.4 Å². The topological polar surface area (TPSA) is 45.7 Å². The van der Waals surface area contributed by atoms with Gasteiger partial charge in [-0.05, 0) is 43.6 Å². The average Bonchev–Trinajstić information content (AvgIpc) is 2.51. The van der Waals surface area contributed by atoms with Gasteiger partial charge < -0.3 is 15.4 Å². The standard InChI is InChI=1S/C19H31N3O/c1-16-6-4-7-17(14-16)8-12-21-18(20-2)22-15-19(9-5-10-19)11-13-23-3/h4,6-7,14H,5,8-13,15H2,1-3H3,(H2,20,21,22). The van der Waals surface area contributed by atoms with Crippen molar-refractivity contribution < 1.29 is 4.74 Å². The first-order valence-corrected chi connectivity index (χ1v) is 8.66. The van der Waals surface area contributed by atoms with Gasteiger partial charge in [-0.2, -0.15) is 0 Å². The van der Waals surface area contributed by atoms with E-state index < -0.39 is 0 Å². The summed E-state index contributed by atoms with van der Waals surface area (Å²) in [6, 6.07) is 8.67. The molecule has 1 aromatic rings. The Morgan fingerprint density at radius 3 is 2.74 bits per heavy atom. The van der Waals surface area contributed by atoms with Crippen molar-refractivity contribution in [2.75, 3.05) is 33.9 Å². The quantitative estimate of drug-likeness (QED) is 0.572. The van der Waals surface area contributed by atoms with E-state index in [2.05, 4.69) is 46.8 Å². The number of hydrogen-bond acceptors (Lipinski definition) is 2. The predicted molar refractivity (Wildman–Crippen MR) is 97.0 cm³/mol. The summed E-state index contributed by atoms with van der Waals surface area (Å²) >= 11 is 0. The van der Waals surface area contributed by atoms with E-state index >= 15 is 0 Å². The largest absolute Gasteiger partial charge is 0.385 e. The first-order valence-electron chi connectivity index (χ1n) is 8.66. The fraction of sp³-hybridized carbons (Fsp3) is 0.632. The first-order chi connectivity index (χ1) is 11.2. The molecule has 1 aliphatic carbocycles. The fourth-order valence-electron chi connectivity index (χ4n) is 3.20. The Bertz CT molecular complexity index is 509. The number of rotatable bonds is 8. The first kappa shape index (κ1) is 17.8. The minimum absolute atomic E-state index is 0.407. The van der Waals surface area contributed by atoms with Crippen molar-refractivity contribution >= 4 is 5.96 Å². The lowest BCUT2D eigenvalue weighted by molar-refractivity contribution is 0.0732. The Morgan fingerprint density at radius 1 is 1.30 bits per heavy atom. The molecule has 0 bridgehead atoms. The Kier molecular flexibility index (Phi) is 6.90. The maximum absolute atomic E-state index is 5.26. The second kappa shape index (κ2) is 8.92. The van der Waals surface area contributed by atoms with Gasteiger partial charge in [0.2, 0.25) is 0 Å². The minimum atomic E-state index is 0.407. The Balaban J connectivity index is 1.73. The van der Waals surface area contributed by atoms with E-state index in [0.29, 0.717) is 5.41 Å². The molecule has 0 unspecified atom stereocenters. The van der Waals surface area contributed by atoms with Crippen LogP contribution in [-0.4, -0.2) is 39.8 Å². The van der Waals surface area contributed by atoms with E-state index in [1.54, 1.807) is 7.11 Å². The third-order valence-electron chi connectivity index (χ3n) is 4.89. The van der Waals surface area contributed by atoms with Gasteiger partial charge >= 0.3 is 0 Å². The van der Waals surface area contributed by atoms with E-state index in [0.717, 1.165) is 38.5 Å². The molecule has 0 aromatic heterocycles. The van der Waals surface area contributed by atoms with Crippen LogP contribution < -0.4 is 10.6 Å². The summed E-state index contributed by atoms with van der Waals surface area (Å²) in [6.45, 7) is 4.87. The predicted octanol–water partition coefficient (Wildman–Crippen LogP) is 2.91. The highest BCUT2D eigenvalue weighted by Gasteiger charge is 2.36. The van der Waals surface area contributed by atoms with Crippen molar-refractivity contribution in [2.45, 2.75) is 39.0 Å². The number of guanidine groups is 1. The SMILES string of the molecule is CN=C(NCCc1cccc(C)c1)NCC1(CCOC)CCC1. The summed E-state index contributed by atoms with van der Waals surface area (Å²) in [5.41, 5.74) is 3.09. The maximum atomic E-state index is 5.26. The number of nitrogens with one attached hydrogen (secondary N) is 2. The van der Waals surface area contributed by atoms with Crippen LogP contribution in [0, 0.1) is 12.3 Å². The van der Waals surface area contributed by atoms with Crippen LogP contribution >= 0.6 is 0 Å². The van der Waals surface area contributed by atoms with Crippen LogP contribution in [0.25, 0.3) is 0 Å². The Hall–Kier alpha value is -1.55. The molecule has 2 rings (SSSR count). The molecule has 4 heteroatoms. The molecule has 0 atom stereocenters. The summed E-state index contributed by atoms with van der Waals surface area (Å²) in [5, 5.41) is 6.92. The molecule has 128 valence electrons. The van der Waals surface area contributed by atoms with Gasteiger partial charge in [0.05, 0.1) is 0 Å². The van der Waals surface area contributed by atoms with Gasteiger partial charge in [0.1, 0.15) is 0 Å². The summed E-state index contributed by atoms with van der Waals surface area (Å²) < 4.78 is 5.26. The van der Waals surface area contributed by atoms with Crippen molar-refractivity contribution in [3.05, 3.63) is 35.4 Å². The highest BCUT2D eigenvalue weighted by atomic mass is 16.5. The van der Waals surface area contributed by atoms with E-state index in [9.17, 15) is 0 Å². The normalized spacial score (nSPS) is 16.7. The van der Waals surface area contributed by atoms with Gasteiger partial charge in [-0.3, -0.25) is 4.99 Å². The van der Waals surface area contributed by atoms with Gasteiger partial charge in [-0.25, -0.2) is 0 Å². The third-order valence-corrected chi connectivity index (χ3v) is 4.89. The molecule has 2 N–H and O–H groups in total. The molecular formula is C19H31N3O. The van der Waals surface area contributed by atoms with E-state index in [4.69, 9.17) is 4.74 Å². The van der Waals surface area contributed by atoms with Crippen LogP contribution in [-0.2, 0) is 11.2 Å². The zero-order valence-electron chi connectivity index (χ0n) is 14.8. The van der Waals surface area contributed by atoms with Crippen LogP contribution in [0.1, 0.15) is 36.8 Å². The van der Waals surface area contributed by atoms with E-state index in [1.807, 2.05) is 7.05 Å². The second-order valence-electron chi connectivity index (χ2n) is 6.69. The molecule has 0 spiro atoms. The fourth-order valence-corrected chi connectivity index (χ4v) is 3.20. The third kappa shape index (κ3) is 5.54. The molecule has 1 aromatic carbocycles. The van der Waals surface area contributed by atoms with Crippen LogP contribution in [0.4, 0.5) is 0 Å².